The van der Waals surface area contributed by atoms with Crippen LogP contribution in [0.5, 0.6) is 0 Å². The molecule has 0 saturated heterocycles. The average Bonchev–Trinajstić information content (AvgIpc) is 3.38. The van der Waals surface area contributed by atoms with Crippen LogP contribution in [0.3, 0.4) is 0 Å². The number of amides is 1. The largest absolute Gasteiger partial charge is 0.453 e. The zero-order valence-electron chi connectivity index (χ0n) is 16.6. The van der Waals surface area contributed by atoms with Crippen molar-refractivity contribution in [3.05, 3.63) is 35.2 Å². The molecule has 0 bridgehead atoms. The lowest BCUT2D eigenvalue weighted by molar-refractivity contribution is -0.153. The number of nitrogens with one attached hydrogen (secondary N) is 1. The van der Waals surface area contributed by atoms with Gasteiger partial charge in [-0.1, -0.05) is 56.9 Å². The van der Waals surface area contributed by atoms with E-state index in [1.165, 1.54) is 42.6 Å². The van der Waals surface area contributed by atoms with Crippen molar-refractivity contribution in [1.82, 2.24) is 4.98 Å². The molecule has 0 spiro atoms. The van der Waals surface area contributed by atoms with E-state index in [0.717, 1.165) is 24.1 Å². The number of anilines is 1. The van der Waals surface area contributed by atoms with Gasteiger partial charge in [0.2, 0.25) is 0 Å². The standard InChI is InChI=1S/C22H28N2O3S/c1-3-16-8-11-18(12-9-16)19-14-28-22(23-19)24-21(26)15(2)27-20(25)13-10-17-6-4-5-7-17/h8-9,11-12,14-15,17H,3-7,10,13H2,1-2H3,(H,23,24,26)/t15-/m0/s1. The first-order valence-electron chi connectivity index (χ1n) is 10.1. The summed E-state index contributed by atoms with van der Waals surface area (Å²) < 4.78 is 5.29. The summed E-state index contributed by atoms with van der Waals surface area (Å²) in [5.41, 5.74) is 3.11. The SMILES string of the molecule is CCc1ccc(-c2csc(NC(=O)[C@H](C)OC(=O)CCC3CCCC3)n2)cc1. The molecule has 1 aromatic heterocycles. The topological polar surface area (TPSA) is 68.3 Å². The van der Waals surface area contributed by atoms with Crippen molar-refractivity contribution in [2.75, 3.05) is 5.32 Å². The number of carbonyl (C=O) groups excluding carboxylic acids is 2. The van der Waals surface area contributed by atoms with E-state index in [9.17, 15) is 9.59 Å². The Labute approximate surface area is 170 Å². The van der Waals surface area contributed by atoms with E-state index in [0.29, 0.717) is 17.5 Å². The number of benzene rings is 1. The van der Waals surface area contributed by atoms with Crippen molar-refractivity contribution in [3.8, 4) is 11.3 Å². The molecule has 150 valence electrons. The molecule has 6 heteroatoms. The van der Waals surface area contributed by atoms with Gasteiger partial charge in [0.1, 0.15) is 0 Å². The van der Waals surface area contributed by atoms with Crippen LogP contribution in [0.15, 0.2) is 29.6 Å². The molecule has 1 fully saturated rings. The predicted octanol–water partition coefficient (Wildman–Crippen LogP) is 5.21. The number of esters is 1. The molecule has 0 aliphatic heterocycles. The van der Waals surface area contributed by atoms with Crippen LogP contribution < -0.4 is 5.32 Å². The van der Waals surface area contributed by atoms with Crippen LogP contribution in [-0.4, -0.2) is 23.0 Å². The highest BCUT2D eigenvalue weighted by molar-refractivity contribution is 7.14. The molecule has 5 nitrogen and oxygen atoms in total. The molecule has 1 amide bonds. The minimum atomic E-state index is -0.827. The second kappa shape index (κ2) is 9.82. The van der Waals surface area contributed by atoms with Gasteiger partial charge in [0.05, 0.1) is 5.69 Å². The molecule has 3 rings (SSSR count). The summed E-state index contributed by atoms with van der Waals surface area (Å²) in [5, 5.41) is 5.17. The highest BCUT2D eigenvalue weighted by Gasteiger charge is 2.21. The van der Waals surface area contributed by atoms with Gasteiger partial charge in [0.15, 0.2) is 11.2 Å². The second-order valence-corrected chi connectivity index (χ2v) is 8.26. The van der Waals surface area contributed by atoms with Crippen LogP contribution in [0, 0.1) is 5.92 Å². The van der Waals surface area contributed by atoms with Crippen LogP contribution >= 0.6 is 11.3 Å². The summed E-state index contributed by atoms with van der Waals surface area (Å²) >= 11 is 1.36. The molecule has 28 heavy (non-hydrogen) atoms. The van der Waals surface area contributed by atoms with E-state index in [1.807, 2.05) is 17.5 Å². The molecular weight excluding hydrogens is 372 g/mol. The van der Waals surface area contributed by atoms with E-state index in [2.05, 4.69) is 29.4 Å². The van der Waals surface area contributed by atoms with E-state index >= 15 is 0 Å². The second-order valence-electron chi connectivity index (χ2n) is 7.40. The van der Waals surface area contributed by atoms with Crippen LogP contribution in [0.1, 0.15) is 57.9 Å². The zero-order valence-corrected chi connectivity index (χ0v) is 17.4. The summed E-state index contributed by atoms with van der Waals surface area (Å²) in [7, 11) is 0. The van der Waals surface area contributed by atoms with Gasteiger partial charge in [0.25, 0.3) is 5.91 Å². The smallest absolute Gasteiger partial charge is 0.306 e. The third-order valence-corrected chi connectivity index (χ3v) is 6.06. The van der Waals surface area contributed by atoms with E-state index in [1.54, 1.807) is 6.92 Å². The summed E-state index contributed by atoms with van der Waals surface area (Å²) in [5.74, 6) is -0.0151. The van der Waals surface area contributed by atoms with Gasteiger partial charge in [-0.25, -0.2) is 4.98 Å². The van der Waals surface area contributed by atoms with Crippen molar-refractivity contribution in [2.45, 2.75) is 64.9 Å². The number of nitrogens with zero attached hydrogens (tertiary/aromatic N) is 1. The lowest BCUT2D eigenvalue weighted by atomic mass is 10.0. The zero-order chi connectivity index (χ0) is 19.9. The molecule has 1 aliphatic rings. The Morgan fingerprint density at radius 3 is 2.64 bits per heavy atom. The molecule has 1 heterocycles. The molecule has 1 saturated carbocycles. The Morgan fingerprint density at radius 2 is 1.96 bits per heavy atom. The first-order chi connectivity index (χ1) is 13.5. The van der Waals surface area contributed by atoms with Gasteiger partial charge in [-0.05, 0) is 31.2 Å². The molecule has 0 unspecified atom stereocenters. The Balaban J connectivity index is 1.48. The van der Waals surface area contributed by atoms with Crippen molar-refractivity contribution in [1.29, 1.82) is 0 Å². The first-order valence-corrected chi connectivity index (χ1v) is 11.0. The quantitative estimate of drug-likeness (QED) is 0.617. The highest BCUT2D eigenvalue weighted by Crippen LogP contribution is 2.29. The van der Waals surface area contributed by atoms with Gasteiger partial charge in [-0.2, -0.15) is 0 Å². The van der Waals surface area contributed by atoms with E-state index < -0.39 is 6.10 Å². The third kappa shape index (κ3) is 5.64. The maximum Gasteiger partial charge on any atom is 0.306 e. The van der Waals surface area contributed by atoms with Crippen molar-refractivity contribution >= 4 is 28.3 Å². The van der Waals surface area contributed by atoms with Crippen molar-refractivity contribution < 1.29 is 14.3 Å². The summed E-state index contributed by atoms with van der Waals surface area (Å²) in [6.07, 6.45) is 6.35. The number of ether oxygens (including phenoxy) is 1. The highest BCUT2D eigenvalue weighted by atomic mass is 32.1. The fraction of sp³-hybridized carbons (Fsp3) is 0.500. The van der Waals surface area contributed by atoms with Crippen LogP contribution in [0.2, 0.25) is 0 Å². The molecule has 1 aromatic carbocycles. The maximum absolute atomic E-state index is 12.3. The normalized spacial score (nSPS) is 15.4. The number of hydrogen-bond donors (Lipinski definition) is 1. The number of thiazole rings is 1. The molecule has 1 atom stereocenters. The fourth-order valence-electron chi connectivity index (χ4n) is 3.51. The molecule has 0 radical (unpaired) electrons. The molecule has 1 N–H and O–H groups in total. The van der Waals surface area contributed by atoms with Gasteiger partial charge < -0.3 is 4.74 Å². The summed E-state index contributed by atoms with van der Waals surface area (Å²) in [4.78, 5) is 28.8. The Kier molecular flexibility index (Phi) is 7.20. The van der Waals surface area contributed by atoms with Crippen molar-refractivity contribution in [2.24, 2.45) is 5.92 Å². The van der Waals surface area contributed by atoms with Crippen LogP contribution in [-0.2, 0) is 20.7 Å². The Hall–Kier alpha value is -2.21. The summed E-state index contributed by atoms with van der Waals surface area (Å²) in [6.45, 7) is 3.72. The monoisotopic (exact) mass is 400 g/mol. The van der Waals surface area contributed by atoms with Crippen LogP contribution in [0.4, 0.5) is 5.13 Å². The number of hydrogen-bond acceptors (Lipinski definition) is 5. The molecule has 2 aromatic rings. The molecular formula is C22H28N2O3S. The van der Waals surface area contributed by atoms with Crippen molar-refractivity contribution in [3.63, 3.8) is 0 Å². The third-order valence-electron chi connectivity index (χ3n) is 5.30. The molecule has 1 aliphatic carbocycles. The Bertz CT molecular complexity index is 794. The lowest BCUT2D eigenvalue weighted by Crippen LogP contribution is -2.30. The number of rotatable bonds is 8. The summed E-state index contributed by atoms with van der Waals surface area (Å²) in [6, 6.07) is 8.24. The lowest BCUT2D eigenvalue weighted by Gasteiger charge is -2.13. The minimum Gasteiger partial charge on any atom is -0.453 e. The number of aryl methyl sites for hydroxylation is 1. The van der Waals surface area contributed by atoms with Gasteiger partial charge in [-0.3, -0.25) is 14.9 Å². The minimum absolute atomic E-state index is 0.301. The maximum atomic E-state index is 12.3. The van der Waals surface area contributed by atoms with Gasteiger partial charge in [0, 0.05) is 17.4 Å². The van der Waals surface area contributed by atoms with Gasteiger partial charge >= 0.3 is 5.97 Å². The van der Waals surface area contributed by atoms with E-state index in [4.69, 9.17) is 4.74 Å². The van der Waals surface area contributed by atoms with E-state index in [-0.39, 0.29) is 11.9 Å². The number of aromatic nitrogens is 1. The first kappa shape index (κ1) is 20.5. The Morgan fingerprint density at radius 1 is 1.25 bits per heavy atom. The average molecular weight is 401 g/mol. The predicted molar refractivity (Wildman–Crippen MR) is 112 cm³/mol. The van der Waals surface area contributed by atoms with Crippen LogP contribution in [0.25, 0.3) is 11.3 Å². The fourth-order valence-corrected chi connectivity index (χ4v) is 4.24. The number of carbonyl (C=O) groups is 2. The van der Waals surface area contributed by atoms with Gasteiger partial charge in [-0.15, -0.1) is 11.3 Å².